The molecule has 0 radical (unpaired) electrons. The highest BCUT2D eigenvalue weighted by Crippen LogP contribution is 2.38. The van der Waals surface area contributed by atoms with Crippen LogP contribution in [0.5, 0.6) is 0 Å². The van der Waals surface area contributed by atoms with Gasteiger partial charge in [-0.3, -0.25) is 14.6 Å². The van der Waals surface area contributed by atoms with E-state index in [4.69, 9.17) is 14.2 Å². The number of esters is 1. The Morgan fingerprint density at radius 1 is 1.10 bits per heavy atom. The summed E-state index contributed by atoms with van der Waals surface area (Å²) in [5.41, 5.74) is 2.80. The molecule has 1 N–H and O–H groups in total. The molecule has 3 aliphatic rings. The summed E-state index contributed by atoms with van der Waals surface area (Å²) < 4.78 is 16.4. The van der Waals surface area contributed by atoms with Crippen molar-refractivity contribution in [2.75, 3.05) is 38.9 Å². The lowest BCUT2D eigenvalue weighted by molar-refractivity contribution is -0.141. The molecule has 3 aliphatic heterocycles. The van der Waals surface area contributed by atoms with Gasteiger partial charge in [0, 0.05) is 49.6 Å². The van der Waals surface area contributed by atoms with Gasteiger partial charge in [0.05, 0.1) is 7.11 Å². The number of ether oxygens (including phenoxy) is 3. The zero-order chi connectivity index (χ0) is 28.4. The number of likely N-dealkylation sites (tertiary alicyclic amines) is 1. The molecule has 2 atom stereocenters. The summed E-state index contributed by atoms with van der Waals surface area (Å²) >= 11 is 0. The first kappa shape index (κ1) is 28.7. The molecule has 218 valence electrons. The standard InChI is InChI=1S/C33H41N3O5/c1-39-32(37)20-25(18-24-8-3-2-4-9-24)19-29(30-22-40-23-41-30)26-13-16-36(17-14-26)33(38)27-10-7-11-28(21-27)35-31-12-5-6-15-34-31/h2-4,7-11,21-22,25-26,29H,5-6,12-20,23H2,1H3,(H,34,35). The number of carbonyl (C=O) groups is 2. The van der Waals surface area contributed by atoms with Crippen molar-refractivity contribution in [3.8, 4) is 0 Å². The summed E-state index contributed by atoms with van der Waals surface area (Å²) in [6, 6.07) is 18.0. The van der Waals surface area contributed by atoms with Crippen LogP contribution in [0.25, 0.3) is 0 Å². The van der Waals surface area contributed by atoms with Crippen LogP contribution >= 0.6 is 0 Å². The number of allylic oxidation sites excluding steroid dienone is 1. The molecule has 3 heterocycles. The number of anilines is 1. The second kappa shape index (κ2) is 14.2. The highest BCUT2D eigenvalue weighted by atomic mass is 16.7. The lowest BCUT2D eigenvalue weighted by atomic mass is 9.76. The molecule has 0 aliphatic carbocycles. The molecule has 1 saturated heterocycles. The Balaban J connectivity index is 1.24. The number of nitrogens with zero attached hydrogens (tertiary/aromatic N) is 2. The molecule has 0 spiro atoms. The highest BCUT2D eigenvalue weighted by Gasteiger charge is 2.35. The molecule has 5 rings (SSSR count). The van der Waals surface area contributed by atoms with Gasteiger partial charge in [0.15, 0.2) is 0 Å². The van der Waals surface area contributed by atoms with Crippen molar-refractivity contribution in [3.63, 3.8) is 0 Å². The molecule has 8 heteroatoms. The maximum absolute atomic E-state index is 13.5. The van der Waals surface area contributed by atoms with E-state index in [0.29, 0.717) is 31.0 Å². The minimum atomic E-state index is -0.199. The Hall–Kier alpha value is -3.81. The van der Waals surface area contributed by atoms with Crippen LogP contribution in [0.1, 0.15) is 60.9 Å². The lowest BCUT2D eigenvalue weighted by Crippen LogP contribution is -2.40. The molecule has 2 unspecified atom stereocenters. The summed E-state index contributed by atoms with van der Waals surface area (Å²) in [4.78, 5) is 32.3. The Kier molecular flexibility index (Phi) is 9.94. The maximum atomic E-state index is 13.5. The third-order valence-electron chi connectivity index (χ3n) is 8.41. The highest BCUT2D eigenvalue weighted by molar-refractivity contribution is 5.99. The van der Waals surface area contributed by atoms with Gasteiger partial charge in [-0.05, 0) is 74.1 Å². The monoisotopic (exact) mass is 559 g/mol. The largest absolute Gasteiger partial charge is 0.469 e. The normalized spacial score (nSPS) is 18.8. The van der Waals surface area contributed by atoms with Gasteiger partial charge in [0.25, 0.3) is 5.91 Å². The predicted molar refractivity (Wildman–Crippen MR) is 158 cm³/mol. The van der Waals surface area contributed by atoms with Crippen LogP contribution in [0.4, 0.5) is 5.69 Å². The van der Waals surface area contributed by atoms with Crippen molar-refractivity contribution in [1.82, 2.24) is 4.90 Å². The molecule has 2 aromatic carbocycles. The van der Waals surface area contributed by atoms with Crippen molar-refractivity contribution in [3.05, 3.63) is 77.7 Å². The van der Waals surface area contributed by atoms with E-state index in [0.717, 1.165) is 68.8 Å². The molecule has 1 fully saturated rings. The van der Waals surface area contributed by atoms with Crippen LogP contribution in [0.15, 0.2) is 71.6 Å². The number of methoxy groups -OCH3 is 1. The van der Waals surface area contributed by atoms with E-state index in [-0.39, 0.29) is 30.5 Å². The fraction of sp³-hybridized carbons (Fsp3) is 0.485. The molecule has 0 aromatic heterocycles. The lowest BCUT2D eigenvalue weighted by Gasteiger charge is -2.37. The van der Waals surface area contributed by atoms with E-state index < -0.39 is 0 Å². The number of piperidine rings is 1. The summed E-state index contributed by atoms with van der Waals surface area (Å²) in [6.07, 6.45) is 8.61. The molecule has 2 aromatic rings. The molecular formula is C33H41N3O5. The predicted octanol–water partition coefficient (Wildman–Crippen LogP) is 5.81. The SMILES string of the molecule is COC(=O)CC(Cc1ccccc1)CC(C1=COCO1)C1CCN(C(=O)c2cccc(NC3=NCCCC3)c2)CC1. The number of rotatable bonds is 10. The smallest absolute Gasteiger partial charge is 0.305 e. The van der Waals surface area contributed by atoms with Crippen LogP contribution < -0.4 is 5.32 Å². The van der Waals surface area contributed by atoms with Crippen molar-refractivity contribution < 1.29 is 23.8 Å². The third-order valence-corrected chi connectivity index (χ3v) is 8.41. The van der Waals surface area contributed by atoms with E-state index >= 15 is 0 Å². The number of amides is 1. The Morgan fingerprint density at radius 3 is 2.63 bits per heavy atom. The van der Waals surface area contributed by atoms with Crippen LogP contribution in [-0.4, -0.2) is 56.1 Å². The zero-order valence-corrected chi connectivity index (χ0v) is 23.9. The summed E-state index contributed by atoms with van der Waals surface area (Å²) in [5.74, 6) is 2.23. The number of hydrogen-bond donors (Lipinski definition) is 1. The minimum absolute atomic E-state index is 0.0570. The summed E-state index contributed by atoms with van der Waals surface area (Å²) in [6.45, 7) is 2.44. The van der Waals surface area contributed by atoms with Crippen molar-refractivity contribution in [1.29, 1.82) is 0 Å². The fourth-order valence-corrected chi connectivity index (χ4v) is 6.24. The second-order valence-electron chi connectivity index (χ2n) is 11.2. The van der Waals surface area contributed by atoms with Gasteiger partial charge in [0.1, 0.15) is 17.9 Å². The Labute approximate surface area is 242 Å². The number of benzene rings is 2. The van der Waals surface area contributed by atoms with Gasteiger partial charge in [-0.15, -0.1) is 0 Å². The van der Waals surface area contributed by atoms with Gasteiger partial charge in [-0.1, -0.05) is 36.4 Å². The first-order valence-corrected chi connectivity index (χ1v) is 14.8. The van der Waals surface area contributed by atoms with Gasteiger partial charge in [0.2, 0.25) is 6.79 Å². The molecule has 0 saturated carbocycles. The summed E-state index contributed by atoms with van der Waals surface area (Å²) in [5, 5.41) is 3.40. The van der Waals surface area contributed by atoms with Gasteiger partial charge in [-0.25, -0.2) is 0 Å². The van der Waals surface area contributed by atoms with E-state index in [2.05, 4.69) is 22.4 Å². The minimum Gasteiger partial charge on any atom is -0.469 e. The maximum Gasteiger partial charge on any atom is 0.305 e. The number of carbonyl (C=O) groups excluding carboxylic acids is 2. The third kappa shape index (κ3) is 7.90. The molecular weight excluding hydrogens is 518 g/mol. The topological polar surface area (TPSA) is 89.5 Å². The number of amidine groups is 1. The molecule has 41 heavy (non-hydrogen) atoms. The Morgan fingerprint density at radius 2 is 1.93 bits per heavy atom. The van der Waals surface area contributed by atoms with Gasteiger partial charge < -0.3 is 24.4 Å². The second-order valence-corrected chi connectivity index (χ2v) is 11.2. The van der Waals surface area contributed by atoms with Crippen molar-refractivity contribution >= 4 is 23.4 Å². The molecule has 0 bridgehead atoms. The van der Waals surface area contributed by atoms with Crippen LogP contribution in [0, 0.1) is 17.8 Å². The number of hydrogen-bond acceptors (Lipinski definition) is 7. The van der Waals surface area contributed by atoms with Gasteiger partial charge in [-0.2, -0.15) is 0 Å². The van der Waals surface area contributed by atoms with Crippen molar-refractivity contribution in [2.24, 2.45) is 22.7 Å². The molecule has 1 amide bonds. The van der Waals surface area contributed by atoms with E-state index in [1.807, 2.05) is 47.4 Å². The van der Waals surface area contributed by atoms with E-state index in [1.165, 1.54) is 12.7 Å². The van der Waals surface area contributed by atoms with Crippen LogP contribution in [0.2, 0.25) is 0 Å². The Bertz CT molecular complexity index is 1240. The summed E-state index contributed by atoms with van der Waals surface area (Å²) in [7, 11) is 1.44. The average molecular weight is 560 g/mol. The van der Waals surface area contributed by atoms with Crippen LogP contribution in [-0.2, 0) is 25.4 Å². The quantitative estimate of drug-likeness (QED) is 0.370. The molecule has 8 nitrogen and oxygen atoms in total. The van der Waals surface area contributed by atoms with Crippen LogP contribution in [0.3, 0.4) is 0 Å². The van der Waals surface area contributed by atoms with Gasteiger partial charge >= 0.3 is 5.97 Å². The zero-order valence-electron chi connectivity index (χ0n) is 23.9. The first-order valence-electron chi connectivity index (χ1n) is 14.8. The first-order chi connectivity index (χ1) is 20.1. The van der Waals surface area contributed by atoms with E-state index in [9.17, 15) is 9.59 Å². The van der Waals surface area contributed by atoms with Crippen molar-refractivity contribution in [2.45, 2.75) is 51.4 Å². The number of nitrogens with one attached hydrogen (secondary N) is 1. The van der Waals surface area contributed by atoms with E-state index in [1.54, 1.807) is 6.26 Å². The number of aliphatic imine (C=N–C) groups is 1. The fourth-order valence-electron chi connectivity index (χ4n) is 6.24. The average Bonchev–Trinajstić information content (AvgIpc) is 3.55.